The Labute approximate surface area is 172 Å². The van der Waals surface area contributed by atoms with Gasteiger partial charge in [0.1, 0.15) is 5.65 Å². The maximum absolute atomic E-state index is 13.4. The topological polar surface area (TPSA) is 68.3 Å². The van der Waals surface area contributed by atoms with Gasteiger partial charge in [0.25, 0.3) is 5.91 Å². The van der Waals surface area contributed by atoms with Crippen LogP contribution in [-0.2, 0) is 6.54 Å². The molecule has 3 heterocycles. The van der Waals surface area contributed by atoms with E-state index in [9.17, 15) is 4.79 Å². The number of hydrogen-bond acceptors (Lipinski definition) is 4. The normalized spacial score (nSPS) is 10.9. The van der Waals surface area contributed by atoms with Crippen molar-refractivity contribution in [2.75, 3.05) is 4.90 Å². The highest BCUT2D eigenvalue weighted by molar-refractivity contribution is 6.04. The fraction of sp³-hybridized carbons (Fsp3) is 0.0435. The number of aromatic nitrogens is 5. The Hall–Kier alpha value is -4.26. The maximum atomic E-state index is 13.4. The van der Waals surface area contributed by atoms with Crippen LogP contribution >= 0.6 is 0 Å². The molecule has 0 aliphatic carbocycles. The molecule has 0 radical (unpaired) electrons. The van der Waals surface area contributed by atoms with Gasteiger partial charge < -0.3 is 9.30 Å². The standard InChI is InChI=1S/C23H18N6O/c30-23(21-16-25-29(26-21)19-11-5-2-6-12-19)28(18-9-3-1-4-10-18)17-20-15-24-22-13-7-8-14-27(20)22/h1-16H,17H2. The van der Waals surface area contributed by atoms with Gasteiger partial charge in [0.15, 0.2) is 5.69 Å². The third-order valence-electron chi connectivity index (χ3n) is 4.82. The molecule has 7 nitrogen and oxygen atoms in total. The number of fused-ring (bicyclic) bond motifs is 1. The van der Waals surface area contributed by atoms with E-state index in [2.05, 4.69) is 15.2 Å². The predicted molar refractivity (Wildman–Crippen MR) is 114 cm³/mol. The van der Waals surface area contributed by atoms with Crippen molar-refractivity contribution >= 4 is 17.2 Å². The minimum absolute atomic E-state index is 0.228. The molecule has 0 saturated heterocycles. The molecular weight excluding hydrogens is 376 g/mol. The molecule has 7 heteroatoms. The zero-order valence-electron chi connectivity index (χ0n) is 16.0. The van der Waals surface area contributed by atoms with E-state index in [1.54, 1.807) is 11.1 Å². The first kappa shape index (κ1) is 17.8. The number of nitrogens with zero attached hydrogens (tertiary/aromatic N) is 6. The second-order valence-electron chi connectivity index (χ2n) is 6.76. The summed E-state index contributed by atoms with van der Waals surface area (Å²) < 4.78 is 1.98. The zero-order valence-corrected chi connectivity index (χ0v) is 16.0. The lowest BCUT2D eigenvalue weighted by molar-refractivity contribution is 0.0979. The summed E-state index contributed by atoms with van der Waals surface area (Å²) in [5, 5.41) is 8.68. The molecule has 0 fully saturated rings. The number of pyridine rings is 1. The van der Waals surface area contributed by atoms with Crippen LogP contribution in [-0.4, -0.2) is 30.3 Å². The Morgan fingerprint density at radius 3 is 2.40 bits per heavy atom. The minimum Gasteiger partial charge on any atom is -0.302 e. The number of rotatable bonds is 5. The van der Waals surface area contributed by atoms with Crippen molar-refractivity contribution in [1.29, 1.82) is 0 Å². The molecule has 0 spiro atoms. The van der Waals surface area contributed by atoms with Gasteiger partial charge in [-0.25, -0.2) is 4.98 Å². The number of carbonyl (C=O) groups is 1. The van der Waals surface area contributed by atoms with Gasteiger partial charge in [0.05, 0.1) is 30.3 Å². The lowest BCUT2D eigenvalue weighted by atomic mass is 10.2. The van der Waals surface area contributed by atoms with Gasteiger partial charge in [-0.1, -0.05) is 42.5 Å². The first-order valence-corrected chi connectivity index (χ1v) is 9.55. The van der Waals surface area contributed by atoms with Crippen molar-refractivity contribution in [3.8, 4) is 5.69 Å². The van der Waals surface area contributed by atoms with Gasteiger partial charge in [-0.15, -0.1) is 5.10 Å². The molecule has 0 N–H and O–H groups in total. The first-order valence-electron chi connectivity index (χ1n) is 9.55. The Morgan fingerprint density at radius 1 is 0.867 bits per heavy atom. The van der Waals surface area contributed by atoms with Crippen molar-refractivity contribution in [3.05, 3.63) is 109 Å². The molecule has 5 rings (SSSR count). The Balaban J connectivity index is 1.51. The zero-order chi connectivity index (χ0) is 20.3. The molecule has 1 amide bonds. The van der Waals surface area contributed by atoms with Crippen LogP contribution in [0.25, 0.3) is 11.3 Å². The third kappa shape index (κ3) is 3.33. The smallest absolute Gasteiger partial charge is 0.280 e. The van der Waals surface area contributed by atoms with Crippen molar-refractivity contribution in [2.24, 2.45) is 0 Å². The summed E-state index contributed by atoms with van der Waals surface area (Å²) >= 11 is 0. The minimum atomic E-state index is -0.228. The van der Waals surface area contributed by atoms with Gasteiger partial charge in [-0.3, -0.25) is 4.79 Å². The number of anilines is 1. The van der Waals surface area contributed by atoms with E-state index in [-0.39, 0.29) is 11.6 Å². The highest BCUT2D eigenvalue weighted by atomic mass is 16.2. The highest BCUT2D eigenvalue weighted by Gasteiger charge is 2.22. The van der Waals surface area contributed by atoms with Crippen molar-refractivity contribution in [3.63, 3.8) is 0 Å². The third-order valence-corrected chi connectivity index (χ3v) is 4.82. The number of para-hydroxylation sites is 2. The molecule has 0 saturated carbocycles. The Kier molecular flexibility index (Phi) is 4.53. The SMILES string of the molecule is O=C(c1cnn(-c2ccccc2)n1)N(Cc1cnc2ccccn12)c1ccccc1. The van der Waals surface area contributed by atoms with Crippen LogP contribution in [0.1, 0.15) is 16.2 Å². The summed E-state index contributed by atoms with van der Waals surface area (Å²) in [4.78, 5) is 21.0. The molecule has 2 aromatic carbocycles. The molecular formula is C23H18N6O. The van der Waals surface area contributed by atoms with E-state index in [1.165, 1.54) is 11.0 Å². The number of hydrogen-bond donors (Lipinski definition) is 0. The van der Waals surface area contributed by atoms with E-state index < -0.39 is 0 Å². The van der Waals surface area contributed by atoms with Crippen molar-refractivity contribution in [2.45, 2.75) is 6.54 Å². The summed E-state index contributed by atoms with van der Waals surface area (Å²) in [6.45, 7) is 0.353. The molecule has 146 valence electrons. The molecule has 0 aliphatic rings. The summed E-state index contributed by atoms with van der Waals surface area (Å²) in [6.07, 6.45) is 5.23. The lowest BCUT2D eigenvalue weighted by Crippen LogP contribution is -2.31. The number of imidazole rings is 1. The maximum Gasteiger partial charge on any atom is 0.280 e. The van der Waals surface area contributed by atoms with Crippen molar-refractivity contribution in [1.82, 2.24) is 24.4 Å². The fourth-order valence-corrected chi connectivity index (χ4v) is 3.34. The molecule has 0 aliphatic heterocycles. The van der Waals surface area contributed by atoms with Gasteiger partial charge in [-0.05, 0) is 36.4 Å². The fourth-order valence-electron chi connectivity index (χ4n) is 3.34. The van der Waals surface area contributed by atoms with E-state index in [0.29, 0.717) is 6.54 Å². The molecule has 30 heavy (non-hydrogen) atoms. The molecule has 3 aromatic heterocycles. The predicted octanol–water partition coefficient (Wildman–Crippen LogP) is 3.76. The van der Waals surface area contributed by atoms with Gasteiger partial charge in [0, 0.05) is 11.9 Å². The average molecular weight is 394 g/mol. The lowest BCUT2D eigenvalue weighted by Gasteiger charge is -2.21. The number of benzene rings is 2. The number of amides is 1. The van der Waals surface area contributed by atoms with Crippen LogP contribution < -0.4 is 4.90 Å². The number of carbonyl (C=O) groups excluding carboxylic acids is 1. The quantitative estimate of drug-likeness (QED) is 0.455. The van der Waals surface area contributed by atoms with Crippen LogP contribution in [0.3, 0.4) is 0 Å². The van der Waals surface area contributed by atoms with Crippen LogP contribution in [0.2, 0.25) is 0 Å². The summed E-state index contributed by atoms with van der Waals surface area (Å²) in [5.41, 5.74) is 3.59. The van der Waals surface area contributed by atoms with Gasteiger partial charge in [0.2, 0.25) is 0 Å². The first-order chi connectivity index (χ1) is 14.8. The summed E-state index contributed by atoms with van der Waals surface area (Å²) in [6, 6.07) is 24.9. The summed E-state index contributed by atoms with van der Waals surface area (Å²) in [5.74, 6) is -0.228. The second-order valence-corrected chi connectivity index (χ2v) is 6.76. The Morgan fingerprint density at radius 2 is 1.60 bits per heavy atom. The highest BCUT2D eigenvalue weighted by Crippen LogP contribution is 2.20. The molecule has 0 atom stereocenters. The van der Waals surface area contributed by atoms with Gasteiger partial charge in [-0.2, -0.15) is 9.90 Å². The van der Waals surface area contributed by atoms with Crippen LogP contribution in [0.5, 0.6) is 0 Å². The largest absolute Gasteiger partial charge is 0.302 e. The van der Waals surface area contributed by atoms with Crippen LogP contribution in [0.15, 0.2) is 97.5 Å². The van der Waals surface area contributed by atoms with Crippen LogP contribution in [0, 0.1) is 0 Å². The monoisotopic (exact) mass is 394 g/mol. The Bertz CT molecular complexity index is 1290. The van der Waals surface area contributed by atoms with E-state index in [4.69, 9.17) is 0 Å². The molecule has 0 unspecified atom stereocenters. The summed E-state index contributed by atoms with van der Waals surface area (Å²) in [7, 11) is 0. The molecule has 0 bridgehead atoms. The second kappa shape index (κ2) is 7.63. The van der Waals surface area contributed by atoms with Gasteiger partial charge >= 0.3 is 0 Å². The van der Waals surface area contributed by atoms with Crippen molar-refractivity contribution < 1.29 is 4.79 Å². The molecule has 5 aromatic rings. The van der Waals surface area contributed by atoms with E-state index in [1.807, 2.05) is 89.5 Å². The van der Waals surface area contributed by atoms with E-state index >= 15 is 0 Å². The average Bonchev–Trinajstić information content (AvgIpc) is 3.46. The van der Waals surface area contributed by atoms with E-state index in [0.717, 1.165) is 22.7 Å². The van der Waals surface area contributed by atoms with Crippen LogP contribution in [0.4, 0.5) is 5.69 Å².